The van der Waals surface area contributed by atoms with Gasteiger partial charge in [-0.1, -0.05) is 109 Å². The van der Waals surface area contributed by atoms with E-state index < -0.39 is 10.1 Å². The van der Waals surface area contributed by atoms with Gasteiger partial charge in [-0.25, -0.2) is 8.42 Å². The van der Waals surface area contributed by atoms with Crippen LogP contribution in [0.5, 0.6) is 0 Å². The zero-order valence-electron chi connectivity index (χ0n) is 21.6. The summed E-state index contributed by atoms with van der Waals surface area (Å²) in [4.78, 5) is -0.178. The molecule has 1 rings (SSSR count). The molecule has 0 atom stereocenters. The van der Waals surface area contributed by atoms with Gasteiger partial charge in [-0.3, -0.25) is 0 Å². The molecule has 0 saturated heterocycles. The molecular formula is C27H51NO4S. The molecule has 0 radical (unpaired) electrons. The van der Waals surface area contributed by atoms with Crippen LogP contribution in [0.2, 0.25) is 0 Å². The van der Waals surface area contributed by atoms with Crippen LogP contribution in [0.15, 0.2) is 29.2 Å². The lowest BCUT2D eigenvalue weighted by molar-refractivity contribution is -0.656. The van der Waals surface area contributed by atoms with Gasteiger partial charge in [0.2, 0.25) is 0 Å². The van der Waals surface area contributed by atoms with Crippen molar-refractivity contribution in [3.8, 4) is 0 Å². The first kappa shape index (κ1) is 32.0. The van der Waals surface area contributed by atoms with Crippen molar-refractivity contribution in [2.45, 2.75) is 116 Å². The molecule has 5 nitrogen and oxygen atoms in total. The van der Waals surface area contributed by atoms with Gasteiger partial charge in [0.15, 0.2) is 0 Å². The van der Waals surface area contributed by atoms with Crippen molar-refractivity contribution in [2.24, 2.45) is 5.92 Å². The Labute approximate surface area is 204 Å². The lowest BCUT2D eigenvalue weighted by atomic mass is 10.0. The minimum atomic E-state index is -4.27. The van der Waals surface area contributed by atoms with Gasteiger partial charge in [0.05, 0.1) is 24.6 Å². The van der Waals surface area contributed by atoms with Crippen LogP contribution in [-0.2, 0) is 10.1 Å². The van der Waals surface area contributed by atoms with Gasteiger partial charge >= 0.3 is 0 Å². The molecule has 6 heteroatoms. The van der Waals surface area contributed by atoms with Gasteiger partial charge in [0.25, 0.3) is 0 Å². The summed E-state index contributed by atoms with van der Waals surface area (Å²) in [6.07, 6.45) is 20.0. The van der Waals surface area contributed by atoms with Crippen LogP contribution in [0.3, 0.4) is 0 Å². The quantitative estimate of drug-likeness (QED) is 0.198. The highest BCUT2D eigenvalue weighted by molar-refractivity contribution is 7.85. The highest BCUT2D eigenvalue weighted by Gasteiger charge is 1.98. The normalized spacial score (nSPS) is 11.5. The second-order valence-corrected chi connectivity index (χ2v) is 11.0. The van der Waals surface area contributed by atoms with E-state index in [1.54, 1.807) is 12.1 Å². The first-order valence-electron chi connectivity index (χ1n) is 13.2. The van der Waals surface area contributed by atoms with Crippen molar-refractivity contribution in [2.75, 3.05) is 19.7 Å². The van der Waals surface area contributed by atoms with Gasteiger partial charge < -0.3 is 15.0 Å². The van der Waals surface area contributed by atoms with Gasteiger partial charge in [-0.05, 0) is 37.8 Å². The van der Waals surface area contributed by atoms with Crippen LogP contribution in [0.25, 0.3) is 0 Å². The topological polar surface area (TPSA) is 94.0 Å². The number of rotatable bonds is 19. The SMILES string of the molecule is CC(C)CCCCCCCCCCCCCCC[NH2+]CCO.Cc1ccc(S(=O)(=O)[O-])cc1. The average Bonchev–Trinajstić information content (AvgIpc) is 2.76. The second-order valence-electron chi connectivity index (χ2n) is 9.64. The molecular weight excluding hydrogens is 434 g/mol. The van der Waals surface area contributed by atoms with E-state index in [0.717, 1.165) is 18.0 Å². The number of hydrogen-bond donors (Lipinski definition) is 2. The van der Waals surface area contributed by atoms with E-state index in [9.17, 15) is 13.0 Å². The molecule has 1 aromatic rings. The molecule has 0 aliphatic heterocycles. The molecule has 0 amide bonds. The molecule has 0 aromatic heterocycles. The number of aliphatic hydroxyl groups is 1. The third-order valence-corrected chi connectivity index (χ3v) is 6.68. The lowest BCUT2D eigenvalue weighted by Gasteiger charge is -2.05. The van der Waals surface area contributed by atoms with E-state index >= 15 is 0 Å². The number of aliphatic hydroxyl groups excluding tert-OH is 1. The fourth-order valence-electron chi connectivity index (χ4n) is 3.73. The minimum Gasteiger partial charge on any atom is -0.744 e. The summed E-state index contributed by atoms with van der Waals surface area (Å²) in [5.41, 5.74) is 0.928. The fourth-order valence-corrected chi connectivity index (χ4v) is 4.20. The Morgan fingerprint density at radius 1 is 0.758 bits per heavy atom. The first-order valence-corrected chi connectivity index (χ1v) is 14.6. The summed E-state index contributed by atoms with van der Waals surface area (Å²) >= 11 is 0. The summed E-state index contributed by atoms with van der Waals surface area (Å²) in [6.45, 7) is 8.86. The molecule has 0 aliphatic rings. The predicted octanol–water partition coefficient (Wildman–Crippen LogP) is 5.56. The molecule has 194 valence electrons. The summed E-state index contributed by atoms with van der Waals surface area (Å²) < 4.78 is 31.2. The predicted molar refractivity (Wildman–Crippen MR) is 137 cm³/mol. The Balaban J connectivity index is 0.000000771. The third-order valence-electron chi connectivity index (χ3n) is 5.83. The van der Waals surface area contributed by atoms with E-state index in [1.165, 1.54) is 109 Å². The number of aryl methyl sites for hydroxylation is 1. The maximum absolute atomic E-state index is 10.4. The van der Waals surface area contributed by atoms with Gasteiger partial charge in [-0.15, -0.1) is 0 Å². The van der Waals surface area contributed by atoms with E-state index in [0.29, 0.717) is 6.61 Å². The van der Waals surface area contributed by atoms with Gasteiger partial charge in [0, 0.05) is 0 Å². The largest absolute Gasteiger partial charge is 0.744 e. The average molecular weight is 486 g/mol. The van der Waals surface area contributed by atoms with E-state index in [4.69, 9.17) is 5.11 Å². The molecule has 0 aliphatic carbocycles. The van der Waals surface area contributed by atoms with Crippen molar-refractivity contribution < 1.29 is 23.4 Å². The minimum absolute atomic E-state index is 0.178. The van der Waals surface area contributed by atoms with E-state index in [-0.39, 0.29) is 4.90 Å². The lowest BCUT2D eigenvalue weighted by Crippen LogP contribution is -2.85. The molecule has 3 N–H and O–H groups in total. The Morgan fingerprint density at radius 3 is 1.58 bits per heavy atom. The smallest absolute Gasteiger partial charge is 0.124 e. The summed E-state index contributed by atoms with van der Waals surface area (Å²) in [5, 5.41) is 10.9. The highest BCUT2D eigenvalue weighted by atomic mass is 32.2. The zero-order chi connectivity index (χ0) is 24.8. The number of quaternary nitrogens is 1. The zero-order valence-corrected chi connectivity index (χ0v) is 22.4. The summed E-state index contributed by atoms with van der Waals surface area (Å²) in [5.74, 6) is 0.888. The Kier molecular flexibility index (Phi) is 21.0. The molecule has 0 fully saturated rings. The summed E-state index contributed by atoms with van der Waals surface area (Å²) in [6, 6.07) is 5.78. The van der Waals surface area contributed by atoms with Crippen LogP contribution in [-0.4, -0.2) is 37.8 Å². The van der Waals surface area contributed by atoms with Crippen molar-refractivity contribution in [3.63, 3.8) is 0 Å². The molecule has 0 unspecified atom stereocenters. The van der Waals surface area contributed by atoms with Crippen LogP contribution >= 0.6 is 0 Å². The molecule has 0 spiro atoms. The summed E-state index contributed by atoms with van der Waals surface area (Å²) in [7, 11) is -4.27. The maximum atomic E-state index is 10.4. The van der Waals surface area contributed by atoms with Crippen LogP contribution in [0.1, 0.15) is 109 Å². The Morgan fingerprint density at radius 2 is 1.18 bits per heavy atom. The number of nitrogens with two attached hydrogens (primary N) is 1. The fraction of sp³-hybridized carbons (Fsp3) is 0.778. The molecule has 0 bridgehead atoms. The van der Waals surface area contributed by atoms with E-state index in [2.05, 4.69) is 19.2 Å². The standard InChI is InChI=1S/C20H43NO.C7H8O3S/c1-20(2)16-14-12-10-8-6-4-3-5-7-9-11-13-15-17-21-18-19-22;1-6-2-4-7(5-3-6)11(8,9)10/h20-22H,3-19H2,1-2H3;2-5H,1H3,(H,8,9,10). The number of benzene rings is 1. The monoisotopic (exact) mass is 485 g/mol. The van der Waals surface area contributed by atoms with Crippen molar-refractivity contribution in [1.29, 1.82) is 0 Å². The Hall–Kier alpha value is -0.950. The van der Waals surface area contributed by atoms with Crippen molar-refractivity contribution >= 4 is 10.1 Å². The van der Waals surface area contributed by atoms with Crippen LogP contribution in [0, 0.1) is 12.8 Å². The van der Waals surface area contributed by atoms with Gasteiger partial charge in [-0.2, -0.15) is 0 Å². The highest BCUT2D eigenvalue weighted by Crippen LogP contribution is 2.14. The van der Waals surface area contributed by atoms with Crippen molar-refractivity contribution in [1.82, 2.24) is 0 Å². The Bertz CT molecular complexity index is 645. The van der Waals surface area contributed by atoms with Gasteiger partial charge in [0.1, 0.15) is 10.1 Å². The second kappa shape index (κ2) is 21.6. The van der Waals surface area contributed by atoms with Crippen LogP contribution < -0.4 is 5.32 Å². The van der Waals surface area contributed by atoms with Crippen LogP contribution in [0.4, 0.5) is 0 Å². The maximum Gasteiger partial charge on any atom is 0.124 e. The molecule has 33 heavy (non-hydrogen) atoms. The van der Waals surface area contributed by atoms with Crippen molar-refractivity contribution in [3.05, 3.63) is 29.8 Å². The molecule has 0 heterocycles. The van der Waals surface area contributed by atoms with E-state index in [1.807, 2.05) is 6.92 Å². The number of hydrogen-bond acceptors (Lipinski definition) is 4. The molecule has 1 aromatic carbocycles. The molecule has 0 saturated carbocycles. The first-order chi connectivity index (χ1) is 15.8. The number of unbranched alkanes of at least 4 members (excludes halogenated alkanes) is 12. The third kappa shape index (κ3) is 22.6.